The third kappa shape index (κ3) is 3.27. The van der Waals surface area contributed by atoms with Crippen molar-refractivity contribution in [1.82, 2.24) is 10.2 Å². The summed E-state index contributed by atoms with van der Waals surface area (Å²) in [4.78, 5) is 0.274. The van der Waals surface area contributed by atoms with Gasteiger partial charge in [-0.3, -0.25) is 5.10 Å². The largest absolute Gasteiger partial charge is 0.382 e. The van der Waals surface area contributed by atoms with Crippen molar-refractivity contribution < 1.29 is 8.42 Å². The van der Waals surface area contributed by atoms with E-state index in [4.69, 9.17) is 5.73 Å². The van der Waals surface area contributed by atoms with Gasteiger partial charge in [-0.1, -0.05) is 42.0 Å². The minimum atomic E-state index is -3.49. The number of hydrogen-bond acceptors (Lipinski definition) is 4. The Kier molecular flexibility index (Phi) is 3.92. The van der Waals surface area contributed by atoms with Crippen molar-refractivity contribution in [1.29, 1.82) is 0 Å². The van der Waals surface area contributed by atoms with E-state index in [2.05, 4.69) is 10.2 Å². The van der Waals surface area contributed by atoms with Crippen molar-refractivity contribution in [3.8, 4) is 11.3 Å². The third-order valence-electron chi connectivity index (χ3n) is 3.56. The van der Waals surface area contributed by atoms with E-state index in [-0.39, 0.29) is 10.6 Å². The summed E-state index contributed by atoms with van der Waals surface area (Å²) in [5, 5.41) is 6.67. The lowest BCUT2D eigenvalue weighted by molar-refractivity contribution is 0.595. The summed E-state index contributed by atoms with van der Waals surface area (Å²) in [6.07, 6.45) is 0. The van der Waals surface area contributed by atoms with Crippen LogP contribution in [-0.4, -0.2) is 18.6 Å². The molecular weight excluding hydrogens is 310 g/mol. The van der Waals surface area contributed by atoms with E-state index in [0.717, 1.165) is 11.1 Å². The number of benzene rings is 2. The zero-order valence-corrected chi connectivity index (χ0v) is 13.5. The summed E-state index contributed by atoms with van der Waals surface area (Å²) in [7, 11) is -3.49. The highest BCUT2D eigenvalue weighted by Crippen LogP contribution is 2.30. The smallest absolute Gasteiger partial charge is 0.183 e. The second-order valence-electron chi connectivity index (χ2n) is 5.45. The molecule has 118 valence electrons. The Morgan fingerprint density at radius 1 is 1.09 bits per heavy atom. The molecule has 5 nitrogen and oxygen atoms in total. The van der Waals surface area contributed by atoms with E-state index in [1.807, 2.05) is 31.2 Å². The average Bonchev–Trinajstić information content (AvgIpc) is 2.94. The minimum Gasteiger partial charge on any atom is -0.382 e. The molecule has 0 aliphatic rings. The molecule has 0 fully saturated rings. The number of nitrogen functional groups attached to an aromatic ring is 1. The molecule has 3 aromatic rings. The summed E-state index contributed by atoms with van der Waals surface area (Å²) in [5.74, 6) is 0.279. The van der Waals surface area contributed by atoms with Crippen molar-refractivity contribution in [3.63, 3.8) is 0 Å². The van der Waals surface area contributed by atoms with E-state index in [9.17, 15) is 8.42 Å². The molecule has 1 heterocycles. The van der Waals surface area contributed by atoms with Gasteiger partial charge < -0.3 is 5.73 Å². The summed E-state index contributed by atoms with van der Waals surface area (Å²) in [5.41, 5.74) is 8.55. The molecule has 23 heavy (non-hydrogen) atoms. The molecule has 0 atom stereocenters. The normalized spacial score (nSPS) is 11.5. The van der Waals surface area contributed by atoms with Crippen molar-refractivity contribution in [2.24, 2.45) is 0 Å². The molecule has 2 aromatic carbocycles. The first kappa shape index (κ1) is 15.3. The quantitative estimate of drug-likeness (QED) is 0.771. The number of sulfone groups is 1. The molecule has 0 amide bonds. The Hall–Kier alpha value is -2.60. The Morgan fingerprint density at radius 3 is 2.48 bits per heavy atom. The molecule has 0 radical (unpaired) electrons. The van der Waals surface area contributed by atoms with Gasteiger partial charge in [0, 0.05) is 11.6 Å². The maximum absolute atomic E-state index is 12.8. The highest BCUT2D eigenvalue weighted by atomic mass is 32.2. The SMILES string of the molecule is Cc1ccc(S(=O)(=O)Cc2ccccc2)c(-c2cc(N)n[nH]2)c1. The van der Waals surface area contributed by atoms with Gasteiger partial charge in [-0.25, -0.2) is 8.42 Å². The molecular formula is C17H17N3O2S. The lowest BCUT2D eigenvalue weighted by Crippen LogP contribution is -2.07. The van der Waals surface area contributed by atoms with E-state index in [1.165, 1.54) is 0 Å². The van der Waals surface area contributed by atoms with Crippen LogP contribution in [0.15, 0.2) is 59.5 Å². The van der Waals surface area contributed by atoms with Gasteiger partial charge in [-0.2, -0.15) is 5.10 Å². The predicted molar refractivity (Wildman–Crippen MR) is 90.5 cm³/mol. The van der Waals surface area contributed by atoms with Crippen molar-refractivity contribution in [2.45, 2.75) is 17.6 Å². The van der Waals surface area contributed by atoms with Gasteiger partial charge in [0.05, 0.1) is 16.3 Å². The van der Waals surface area contributed by atoms with Gasteiger partial charge >= 0.3 is 0 Å². The number of aromatic nitrogens is 2. The number of nitrogens with one attached hydrogen (secondary N) is 1. The van der Waals surface area contributed by atoms with E-state index in [1.54, 1.807) is 30.3 Å². The number of nitrogens with two attached hydrogens (primary N) is 1. The molecule has 1 aromatic heterocycles. The average molecular weight is 327 g/mol. The van der Waals surface area contributed by atoms with Gasteiger partial charge in [0.1, 0.15) is 5.82 Å². The van der Waals surface area contributed by atoms with Crippen LogP contribution < -0.4 is 5.73 Å². The van der Waals surface area contributed by atoms with Crippen molar-refractivity contribution >= 4 is 15.7 Å². The maximum atomic E-state index is 12.8. The first-order chi connectivity index (χ1) is 11.0. The van der Waals surface area contributed by atoms with Crippen LogP contribution in [0.4, 0.5) is 5.82 Å². The van der Waals surface area contributed by atoms with Crippen LogP contribution >= 0.6 is 0 Å². The first-order valence-electron chi connectivity index (χ1n) is 7.14. The standard InChI is InChI=1S/C17H17N3O2S/c1-12-7-8-16(14(9-12)15-10-17(18)20-19-15)23(21,22)11-13-5-3-2-4-6-13/h2-10H,11H2,1H3,(H3,18,19,20). The fourth-order valence-corrected chi connectivity index (χ4v) is 4.04. The van der Waals surface area contributed by atoms with Gasteiger partial charge in [0.25, 0.3) is 0 Å². The van der Waals surface area contributed by atoms with Crippen LogP contribution in [0.1, 0.15) is 11.1 Å². The molecule has 0 aliphatic heterocycles. The zero-order valence-electron chi connectivity index (χ0n) is 12.7. The minimum absolute atomic E-state index is 0.0481. The number of nitrogens with zero attached hydrogens (tertiary/aromatic N) is 1. The highest BCUT2D eigenvalue weighted by molar-refractivity contribution is 7.90. The summed E-state index contributed by atoms with van der Waals surface area (Å²) < 4.78 is 25.7. The molecule has 0 saturated carbocycles. The van der Waals surface area contributed by atoms with Crippen LogP contribution in [0.3, 0.4) is 0 Å². The number of anilines is 1. The van der Waals surface area contributed by atoms with Crippen LogP contribution in [0.2, 0.25) is 0 Å². The number of hydrogen-bond donors (Lipinski definition) is 2. The molecule has 0 aliphatic carbocycles. The Balaban J connectivity index is 2.09. The predicted octanol–water partition coefficient (Wildman–Crippen LogP) is 2.94. The highest BCUT2D eigenvalue weighted by Gasteiger charge is 2.21. The van der Waals surface area contributed by atoms with Gasteiger partial charge in [-0.05, 0) is 24.6 Å². The molecule has 3 rings (SSSR count). The van der Waals surface area contributed by atoms with E-state index >= 15 is 0 Å². The Labute approximate surface area is 135 Å². The number of rotatable bonds is 4. The lowest BCUT2D eigenvalue weighted by Gasteiger charge is -2.10. The Morgan fingerprint density at radius 2 is 1.83 bits per heavy atom. The fraction of sp³-hybridized carbons (Fsp3) is 0.118. The molecule has 0 spiro atoms. The van der Waals surface area contributed by atoms with Crippen LogP contribution in [0.25, 0.3) is 11.3 Å². The fourth-order valence-electron chi connectivity index (χ4n) is 2.47. The summed E-state index contributed by atoms with van der Waals surface area (Å²) in [6, 6.07) is 16.0. The maximum Gasteiger partial charge on any atom is 0.183 e. The van der Waals surface area contributed by atoms with E-state index in [0.29, 0.717) is 17.1 Å². The second kappa shape index (κ2) is 5.89. The van der Waals surface area contributed by atoms with Crippen LogP contribution in [0, 0.1) is 6.92 Å². The first-order valence-corrected chi connectivity index (χ1v) is 8.79. The number of aromatic amines is 1. The van der Waals surface area contributed by atoms with Crippen LogP contribution in [-0.2, 0) is 15.6 Å². The van der Waals surface area contributed by atoms with Crippen molar-refractivity contribution in [3.05, 3.63) is 65.7 Å². The zero-order chi connectivity index (χ0) is 16.4. The third-order valence-corrected chi connectivity index (χ3v) is 5.30. The molecule has 0 unspecified atom stereocenters. The number of aryl methyl sites for hydroxylation is 1. The molecule has 0 bridgehead atoms. The van der Waals surface area contributed by atoms with Crippen LogP contribution in [0.5, 0.6) is 0 Å². The van der Waals surface area contributed by atoms with Gasteiger partial charge in [-0.15, -0.1) is 0 Å². The topological polar surface area (TPSA) is 88.8 Å². The van der Waals surface area contributed by atoms with Gasteiger partial charge in [0.2, 0.25) is 0 Å². The number of H-pyrrole nitrogens is 1. The molecule has 3 N–H and O–H groups in total. The monoisotopic (exact) mass is 327 g/mol. The molecule has 6 heteroatoms. The lowest BCUT2D eigenvalue weighted by atomic mass is 10.1. The Bertz CT molecular complexity index is 931. The summed E-state index contributed by atoms with van der Waals surface area (Å²) in [6.45, 7) is 1.91. The second-order valence-corrected chi connectivity index (χ2v) is 7.41. The van der Waals surface area contributed by atoms with Gasteiger partial charge in [0.15, 0.2) is 9.84 Å². The summed E-state index contributed by atoms with van der Waals surface area (Å²) >= 11 is 0. The molecule has 0 saturated heterocycles. The van der Waals surface area contributed by atoms with E-state index < -0.39 is 9.84 Å². The van der Waals surface area contributed by atoms with Crippen molar-refractivity contribution in [2.75, 3.05) is 5.73 Å².